The molecule has 2 saturated carbocycles. The summed E-state index contributed by atoms with van der Waals surface area (Å²) >= 11 is 0. The molecule has 0 aromatic rings. The first kappa shape index (κ1) is 8.95. The Hall–Kier alpha value is -1.32. The second-order valence-electron chi connectivity index (χ2n) is 4.81. The first-order chi connectivity index (χ1) is 7.11. The fourth-order valence-electron chi connectivity index (χ4n) is 3.74. The van der Waals surface area contributed by atoms with Gasteiger partial charge in [-0.05, 0) is 31.1 Å². The van der Waals surface area contributed by atoms with Crippen LogP contribution in [0.5, 0.6) is 0 Å². The number of Topliss-reactive ketones (excluding diaryl/α,β-unsaturated/α-hetero) is 1. The molecule has 4 unspecified atom stereocenters. The summed E-state index contributed by atoms with van der Waals surface area (Å²) < 4.78 is 0. The fourth-order valence-corrected chi connectivity index (χ4v) is 3.74. The summed E-state index contributed by atoms with van der Waals surface area (Å²) in [4.78, 5) is 22.7. The molecule has 3 aliphatic carbocycles. The molecular weight excluding hydrogens is 196 g/mol. The molecule has 4 heteroatoms. The summed E-state index contributed by atoms with van der Waals surface area (Å²) in [5, 5.41) is 18.7. The number of aliphatic carboxylic acids is 1. The van der Waals surface area contributed by atoms with Gasteiger partial charge in [-0.1, -0.05) is 0 Å². The van der Waals surface area contributed by atoms with Crippen molar-refractivity contribution < 1.29 is 19.8 Å². The van der Waals surface area contributed by atoms with Gasteiger partial charge in [-0.25, -0.2) is 4.79 Å². The number of aliphatic hydroxyl groups excluding tert-OH is 1. The van der Waals surface area contributed by atoms with Crippen LogP contribution in [-0.4, -0.2) is 22.0 Å². The molecule has 0 aliphatic heterocycles. The molecule has 2 bridgehead atoms. The summed E-state index contributed by atoms with van der Waals surface area (Å²) in [5.74, 6) is -1.52. The molecule has 80 valence electrons. The molecule has 3 rings (SSSR count). The topological polar surface area (TPSA) is 74.6 Å². The smallest absolute Gasteiger partial charge is 0.342 e. The predicted octanol–water partition coefficient (Wildman–Crippen LogP) is 1.13. The molecule has 0 aromatic carbocycles. The number of carbonyl (C=O) groups excluding carboxylic acids is 1. The zero-order valence-electron chi connectivity index (χ0n) is 8.14. The van der Waals surface area contributed by atoms with Crippen LogP contribution >= 0.6 is 0 Å². The lowest BCUT2D eigenvalue weighted by molar-refractivity contribution is -0.135. The second kappa shape index (κ2) is 2.62. The molecule has 4 atom stereocenters. The van der Waals surface area contributed by atoms with Gasteiger partial charge in [0.05, 0.1) is 0 Å². The van der Waals surface area contributed by atoms with Crippen LogP contribution in [0.1, 0.15) is 19.3 Å². The zero-order valence-corrected chi connectivity index (χ0v) is 8.14. The Bertz CT molecular complexity index is 395. The highest BCUT2D eigenvalue weighted by atomic mass is 16.4. The van der Waals surface area contributed by atoms with Crippen molar-refractivity contribution in [2.45, 2.75) is 19.3 Å². The van der Waals surface area contributed by atoms with Crippen LogP contribution in [0, 0.1) is 23.7 Å². The molecule has 15 heavy (non-hydrogen) atoms. The first-order valence-corrected chi connectivity index (χ1v) is 5.32. The SMILES string of the molecule is O=C(O)C1=C(O)C2C3CCC(C3)C2C1=O. The highest BCUT2D eigenvalue weighted by Gasteiger charge is 2.58. The van der Waals surface area contributed by atoms with Gasteiger partial charge in [-0.15, -0.1) is 0 Å². The Labute approximate surface area is 86.6 Å². The minimum Gasteiger partial charge on any atom is -0.511 e. The van der Waals surface area contributed by atoms with E-state index in [1.807, 2.05) is 0 Å². The van der Waals surface area contributed by atoms with Crippen LogP contribution < -0.4 is 0 Å². The van der Waals surface area contributed by atoms with Crippen LogP contribution in [-0.2, 0) is 9.59 Å². The van der Waals surface area contributed by atoms with E-state index < -0.39 is 5.97 Å². The van der Waals surface area contributed by atoms with E-state index in [9.17, 15) is 14.7 Å². The third-order valence-corrected chi connectivity index (χ3v) is 4.25. The molecule has 2 fully saturated rings. The zero-order chi connectivity index (χ0) is 10.7. The average Bonchev–Trinajstić information content (AvgIpc) is 2.79. The molecule has 4 nitrogen and oxygen atoms in total. The lowest BCUT2D eigenvalue weighted by Gasteiger charge is -2.23. The Kier molecular flexibility index (Phi) is 1.56. The summed E-state index contributed by atoms with van der Waals surface area (Å²) in [6.45, 7) is 0. The molecule has 0 amide bonds. The second-order valence-corrected chi connectivity index (χ2v) is 4.81. The Balaban J connectivity index is 2.07. The van der Waals surface area contributed by atoms with E-state index in [0.29, 0.717) is 11.8 Å². The van der Waals surface area contributed by atoms with E-state index in [-0.39, 0.29) is 29.0 Å². The van der Waals surface area contributed by atoms with Gasteiger partial charge in [0.2, 0.25) is 0 Å². The number of rotatable bonds is 1. The highest BCUT2D eigenvalue weighted by molar-refractivity contribution is 6.20. The number of hydrogen-bond acceptors (Lipinski definition) is 3. The van der Waals surface area contributed by atoms with Gasteiger partial charge in [0.15, 0.2) is 5.78 Å². The van der Waals surface area contributed by atoms with Crippen LogP contribution in [0.2, 0.25) is 0 Å². The average molecular weight is 208 g/mol. The fraction of sp³-hybridized carbons (Fsp3) is 0.636. The quantitative estimate of drug-likeness (QED) is 0.633. The van der Waals surface area contributed by atoms with Crippen LogP contribution in [0.3, 0.4) is 0 Å². The number of allylic oxidation sites excluding steroid dienone is 1. The van der Waals surface area contributed by atoms with Crippen molar-refractivity contribution in [3.05, 3.63) is 11.3 Å². The monoisotopic (exact) mass is 208 g/mol. The number of carbonyl (C=O) groups is 2. The van der Waals surface area contributed by atoms with Gasteiger partial charge >= 0.3 is 5.97 Å². The van der Waals surface area contributed by atoms with E-state index in [1.54, 1.807) is 0 Å². The van der Waals surface area contributed by atoms with E-state index in [0.717, 1.165) is 19.3 Å². The normalized spacial score (nSPS) is 42.5. The van der Waals surface area contributed by atoms with E-state index in [2.05, 4.69) is 0 Å². The highest BCUT2D eigenvalue weighted by Crippen LogP contribution is 2.58. The summed E-state index contributed by atoms with van der Waals surface area (Å²) in [5.41, 5.74) is -0.346. The maximum absolute atomic E-state index is 11.8. The van der Waals surface area contributed by atoms with Crippen molar-refractivity contribution in [2.75, 3.05) is 0 Å². The standard InChI is InChI=1S/C11H12O4/c12-9-6-4-1-2-5(3-4)7(6)10(13)8(9)11(14)15/h4-7,12H,1-3H2,(H,14,15). The Morgan fingerprint density at radius 1 is 1.20 bits per heavy atom. The predicted molar refractivity (Wildman–Crippen MR) is 50.1 cm³/mol. The van der Waals surface area contributed by atoms with Crippen molar-refractivity contribution in [2.24, 2.45) is 23.7 Å². The molecule has 0 saturated heterocycles. The molecular formula is C11H12O4. The van der Waals surface area contributed by atoms with E-state index in [1.165, 1.54) is 0 Å². The van der Waals surface area contributed by atoms with E-state index >= 15 is 0 Å². The Morgan fingerprint density at radius 3 is 2.33 bits per heavy atom. The molecule has 3 aliphatic rings. The first-order valence-electron chi connectivity index (χ1n) is 5.32. The van der Waals surface area contributed by atoms with Crippen molar-refractivity contribution >= 4 is 11.8 Å². The number of hydrogen-bond donors (Lipinski definition) is 2. The number of aliphatic hydroxyl groups is 1. The van der Waals surface area contributed by atoms with Crippen LogP contribution in [0.15, 0.2) is 11.3 Å². The van der Waals surface area contributed by atoms with E-state index in [4.69, 9.17) is 5.11 Å². The maximum atomic E-state index is 11.8. The van der Waals surface area contributed by atoms with Gasteiger partial charge in [0.25, 0.3) is 0 Å². The van der Waals surface area contributed by atoms with Gasteiger partial charge in [0.1, 0.15) is 11.3 Å². The van der Waals surface area contributed by atoms with Gasteiger partial charge < -0.3 is 10.2 Å². The van der Waals surface area contributed by atoms with Gasteiger partial charge in [-0.2, -0.15) is 0 Å². The van der Waals surface area contributed by atoms with Crippen molar-refractivity contribution in [3.8, 4) is 0 Å². The van der Waals surface area contributed by atoms with Crippen molar-refractivity contribution in [3.63, 3.8) is 0 Å². The minimum absolute atomic E-state index is 0.148. The number of carboxylic acid groups (broad SMARTS) is 1. The summed E-state index contributed by atoms with van der Waals surface area (Å²) in [6.07, 6.45) is 3.02. The number of ketones is 1. The molecule has 0 aromatic heterocycles. The largest absolute Gasteiger partial charge is 0.511 e. The Morgan fingerprint density at radius 2 is 1.80 bits per heavy atom. The van der Waals surface area contributed by atoms with Gasteiger partial charge in [0, 0.05) is 11.8 Å². The maximum Gasteiger partial charge on any atom is 0.342 e. The van der Waals surface area contributed by atoms with Crippen LogP contribution in [0.25, 0.3) is 0 Å². The minimum atomic E-state index is -1.27. The lowest BCUT2D eigenvalue weighted by atomic mass is 9.80. The van der Waals surface area contributed by atoms with Crippen molar-refractivity contribution in [1.82, 2.24) is 0 Å². The third kappa shape index (κ3) is 0.919. The number of carboxylic acids is 1. The molecule has 2 N–H and O–H groups in total. The van der Waals surface area contributed by atoms with Crippen LogP contribution in [0.4, 0.5) is 0 Å². The van der Waals surface area contributed by atoms with Gasteiger partial charge in [-0.3, -0.25) is 4.79 Å². The number of fused-ring (bicyclic) bond motifs is 5. The molecule has 0 heterocycles. The molecule has 0 radical (unpaired) electrons. The molecule has 0 spiro atoms. The summed E-state index contributed by atoms with van der Waals surface area (Å²) in [7, 11) is 0. The third-order valence-electron chi connectivity index (χ3n) is 4.25. The van der Waals surface area contributed by atoms with Crippen molar-refractivity contribution in [1.29, 1.82) is 0 Å². The summed E-state index contributed by atoms with van der Waals surface area (Å²) in [6, 6.07) is 0. The lowest BCUT2D eigenvalue weighted by Crippen LogP contribution is -2.25.